The normalized spacial score (nSPS) is 12.0. The number of likely N-dealkylation sites (N-methyl/N-ethyl adjacent to an activating group) is 1. The second-order valence-electron chi connectivity index (χ2n) is 3.23. The van der Waals surface area contributed by atoms with E-state index in [-0.39, 0.29) is 6.61 Å². The summed E-state index contributed by atoms with van der Waals surface area (Å²) in [5.41, 5.74) is 0. The van der Waals surface area contributed by atoms with E-state index in [1.165, 1.54) is 20.2 Å². The number of ether oxygens (including phenoxy) is 2. The molecule has 94 valence electrons. The standard InChI is InChI=1S/C11H13F2NO3/c1-14-9(11(15)16-2)6-17-10-7(12)4-3-5-8(10)13/h3-5,9,14H,6H2,1-2H3. The Hall–Kier alpha value is -1.69. The molecule has 1 unspecified atom stereocenters. The lowest BCUT2D eigenvalue weighted by atomic mass is 10.3. The number of benzene rings is 1. The topological polar surface area (TPSA) is 47.6 Å². The van der Waals surface area contributed by atoms with Crippen LogP contribution in [-0.4, -0.2) is 32.8 Å². The molecule has 0 aromatic heterocycles. The van der Waals surface area contributed by atoms with Crippen molar-refractivity contribution in [1.29, 1.82) is 0 Å². The number of hydrogen-bond donors (Lipinski definition) is 1. The lowest BCUT2D eigenvalue weighted by Gasteiger charge is -2.15. The minimum Gasteiger partial charge on any atom is -0.485 e. The number of carbonyl (C=O) groups excluding carboxylic acids is 1. The minimum atomic E-state index is -0.815. The summed E-state index contributed by atoms with van der Waals surface area (Å²) in [5.74, 6) is -2.70. The summed E-state index contributed by atoms with van der Waals surface area (Å²) < 4.78 is 35.8. The van der Waals surface area contributed by atoms with Gasteiger partial charge in [-0.3, -0.25) is 4.79 Å². The van der Waals surface area contributed by atoms with Crippen molar-refractivity contribution in [1.82, 2.24) is 5.32 Å². The van der Waals surface area contributed by atoms with Crippen LogP contribution in [0.15, 0.2) is 18.2 Å². The first-order valence-corrected chi connectivity index (χ1v) is 4.92. The fraction of sp³-hybridized carbons (Fsp3) is 0.364. The molecule has 1 aromatic rings. The molecule has 1 N–H and O–H groups in total. The first kappa shape index (κ1) is 13.4. The SMILES string of the molecule is CNC(COc1c(F)cccc1F)C(=O)OC. The van der Waals surface area contributed by atoms with Crippen LogP contribution in [0.25, 0.3) is 0 Å². The molecule has 4 nitrogen and oxygen atoms in total. The maximum atomic E-state index is 13.2. The van der Waals surface area contributed by atoms with Crippen molar-refractivity contribution in [2.45, 2.75) is 6.04 Å². The van der Waals surface area contributed by atoms with Crippen LogP contribution in [0.2, 0.25) is 0 Å². The number of hydrogen-bond acceptors (Lipinski definition) is 4. The van der Waals surface area contributed by atoms with Crippen molar-refractivity contribution >= 4 is 5.97 Å². The van der Waals surface area contributed by atoms with Gasteiger partial charge < -0.3 is 14.8 Å². The van der Waals surface area contributed by atoms with Crippen molar-refractivity contribution in [3.8, 4) is 5.75 Å². The molecule has 0 amide bonds. The number of carbonyl (C=O) groups is 1. The predicted molar refractivity (Wildman–Crippen MR) is 56.7 cm³/mol. The maximum absolute atomic E-state index is 13.2. The molecule has 0 aliphatic rings. The maximum Gasteiger partial charge on any atom is 0.326 e. The summed E-state index contributed by atoms with van der Waals surface area (Å²) in [6.07, 6.45) is 0. The van der Waals surface area contributed by atoms with Gasteiger partial charge in [-0.2, -0.15) is 0 Å². The third-order valence-corrected chi connectivity index (χ3v) is 2.15. The first-order valence-electron chi connectivity index (χ1n) is 4.92. The van der Waals surface area contributed by atoms with E-state index in [1.54, 1.807) is 0 Å². The van der Waals surface area contributed by atoms with Gasteiger partial charge in [-0.1, -0.05) is 6.07 Å². The van der Waals surface area contributed by atoms with Crippen LogP contribution in [0.1, 0.15) is 0 Å². The number of halogens is 2. The van der Waals surface area contributed by atoms with Gasteiger partial charge in [0, 0.05) is 0 Å². The number of methoxy groups -OCH3 is 1. The van der Waals surface area contributed by atoms with Gasteiger partial charge in [-0.05, 0) is 19.2 Å². The van der Waals surface area contributed by atoms with E-state index >= 15 is 0 Å². The molecule has 6 heteroatoms. The van der Waals surface area contributed by atoms with E-state index in [0.29, 0.717) is 0 Å². The van der Waals surface area contributed by atoms with Gasteiger partial charge in [-0.15, -0.1) is 0 Å². The predicted octanol–water partition coefficient (Wildman–Crippen LogP) is 1.10. The van der Waals surface area contributed by atoms with Crippen molar-refractivity contribution in [3.05, 3.63) is 29.8 Å². The van der Waals surface area contributed by atoms with Crippen molar-refractivity contribution < 1.29 is 23.0 Å². The summed E-state index contributed by atoms with van der Waals surface area (Å²) in [5, 5.41) is 2.62. The largest absolute Gasteiger partial charge is 0.485 e. The van der Waals surface area contributed by atoms with E-state index in [0.717, 1.165) is 12.1 Å². The van der Waals surface area contributed by atoms with Crippen LogP contribution in [0.3, 0.4) is 0 Å². The number of nitrogens with one attached hydrogen (secondary N) is 1. The summed E-state index contributed by atoms with van der Waals surface area (Å²) in [6, 6.07) is 2.60. The molecule has 0 fully saturated rings. The molecule has 0 saturated heterocycles. The first-order chi connectivity index (χ1) is 8.10. The highest BCUT2D eigenvalue weighted by Crippen LogP contribution is 2.20. The molecular weight excluding hydrogens is 232 g/mol. The Morgan fingerprint density at radius 1 is 1.41 bits per heavy atom. The highest BCUT2D eigenvalue weighted by Gasteiger charge is 2.19. The highest BCUT2D eigenvalue weighted by molar-refractivity contribution is 5.75. The number of rotatable bonds is 5. The molecular formula is C11H13F2NO3. The molecule has 1 aromatic carbocycles. The van der Waals surface area contributed by atoms with E-state index in [1.807, 2.05) is 0 Å². The minimum absolute atomic E-state index is 0.221. The fourth-order valence-electron chi connectivity index (χ4n) is 1.20. The fourth-order valence-corrected chi connectivity index (χ4v) is 1.20. The molecule has 0 saturated carbocycles. The Morgan fingerprint density at radius 2 is 2.00 bits per heavy atom. The molecule has 1 rings (SSSR count). The molecule has 0 spiro atoms. The third-order valence-electron chi connectivity index (χ3n) is 2.15. The summed E-state index contributed by atoms with van der Waals surface area (Å²) in [4.78, 5) is 11.2. The van der Waals surface area contributed by atoms with Crippen molar-refractivity contribution in [3.63, 3.8) is 0 Å². The lowest BCUT2D eigenvalue weighted by molar-refractivity contribution is -0.143. The van der Waals surface area contributed by atoms with Gasteiger partial charge in [0.1, 0.15) is 12.6 Å². The summed E-state index contributed by atoms with van der Waals surface area (Å²) in [6.45, 7) is -0.221. The van der Waals surface area contributed by atoms with E-state index in [9.17, 15) is 13.6 Å². The highest BCUT2D eigenvalue weighted by atomic mass is 19.1. The Labute approximate surface area is 97.5 Å². The van der Waals surface area contributed by atoms with E-state index in [4.69, 9.17) is 4.74 Å². The van der Waals surface area contributed by atoms with E-state index < -0.39 is 29.4 Å². The Kier molecular flexibility index (Phi) is 4.84. The molecule has 0 radical (unpaired) electrons. The van der Waals surface area contributed by atoms with Gasteiger partial charge in [0.15, 0.2) is 17.4 Å². The Morgan fingerprint density at radius 3 is 2.47 bits per heavy atom. The van der Waals surface area contributed by atoms with Crippen LogP contribution >= 0.6 is 0 Å². The van der Waals surface area contributed by atoms with Crippen LogP contribution < -0.4 is 10.1 Å². The van der Waals surface area contributed by atoms with Gasteiger partial charge >= 0.3 is 5.97 Å². The molecule has 0 heterocycles. The van der Waals surface area contributed by atoms with Crippen molar-refractivity contribution in [2.24, 2.45) is 0 Å². The van der Waals surface area contributed by atoms with Crippen LogP contribution in [0, 0.1) is 11.6 Å². The average molecular weight is 245 g/mol. The van der Waals surface area contributed by atoms with Crippen LogP contribution in [-0.2, 0) is 9.53 Å². The molecule has 0 bridgehead atoms. The second kappa shape index (κ2) is 6.15. The van der Waals surface area contributed by atoms with Gasteiger partial charge in [0.2, 0.25) is 0 Å². The van der Waals surface area contributed by atoms with E-state index in [2.05, 4.69) is 10.1 Å². The quantitative estimate of drug-likeness (QED) is 0.789. The van der Waals surface area contributed by atoms with Crippen LogP contribution in [0.4, 0.5) is 8.78 Å². The van der Waals surface area contributed by atoms with Gasteiger partial charge in [0.05, 0.1) is 7.11 Å². The zero-order valence-corrected chi connectivity index (χ0v) is 9.50. The molecule has 0 aliphatic carbocycles. The molecule has 17 heavy (non-hydrogen) atoms. The zero-order chi connectivity index (χ0) is 12.8. The smallest absolute Gasteiger partial charge is 0.326 e. The van der Waals surface area contributed by atoms with Crippen LogP contribution in [0.5, 0.6) is 5.75 Å². The number of esters is 1. The van der Waals surface area contributed by atoms with Gasteiger partial charge in [0.25, 0.3) is 0 Å². The summed E-state index contributed by atoms with van der Waals surface area (Å²) >= 11 is 0. The zero-order valence-electron chi connectivity index (χ0n) is 9.50. The summed E-state index contributed by atoms with van der Waals surface area (Å²) in [7, 11) is 2.74. The number of para-hydroxylation sites is 1. The monoisotopic (exact) mass is 245 g/mol. The van der Waals surface area contributed by atoms with Crippen molar-refractivity contribution in [2.75, 3.05) is 20.8 Å². The average Bonchev–Trinajstić information content (AvgIpc) is 2.32. The molecule has 1 atom stereocenters. The van der Waals surface area contributed by atoms with Gasteiger partial charge in [-0.25, -0.2) is 8.78 Å². The Balaban J connectivity index is 2.69. The lowest BCUT2D eigenvalue weighted by Crippen LogP contribution is -2.40. The Bertz CT molecular complexity index is 378. The molecule has 0 aliphatic heterocycles. The second-order valence-corrected chi connectivity index (χ2v) is 3.23. The third kappa shape index (κ3) is 3.39.